The molecule has 0 saturated carbocycles. The van der Waals surface area contributed by atoms with Gasteiger partial charge in [0.15, 0.2) is 0 Å². The highest BCUT2D eigenvalue weighted by atomic mass is 19.3. The van der Waals surface area contributed by atoms with E-state index in [0.29, 0.717) is 5.56 Å². The predicted molar refractivity (Wildman–Crippen MR) is 52.2 cm³/mol. The number of hydrogen-bond donors (Lipinski definition) is 2. The monoisotopic (exact) mass is 231 g/mol. The normalized spacial score (nSPS) is 14.6. The third-order valence-corrected chi connectivity index (χ3v) is 2.12. The van der Waals surface area contributed by atoms with Crippen LogP contribution in [0.4, 0.5) is 8.78 Å². The standard InChI is InChI=1S/C10H11F2NO3/c1-10(13,8(14)15)6-2-4-7(5-3-6)16-9(11)12/h2-5,9H,13H2,1H3,(H,14,15). The molecular formula is C10H11F2NO3. The average molecular weight is 231 g/mol. The number of hydrogen-bond acceptors (Lipinski definition) is 3. The Bertz CT molecular complexity index is 376. The third-order valence-electron chi connectivity index (χ3n) is 2.12. The van der Waals surface area contributed by atoms with Crippen molar-refractivity contribution in [3.8, 4) is 5.75 Å². The van der Waals surface area contributed by atoms with Crippen LogP contribution in [0.3, 0.4) is 0 Å². The zero-order valence-corrected chi connectivity index (χ0v) is 8.48. The first-order chi connectivity index (χ1) is 7.34. The van der Waals surface area contributed by atoms with E-state index in [1.165, 1.54) is 31.2 Å². The zero-order chi connectivity index (χ0) is 12.3. The van der Waals surface area contributed by atoms with Crippen LogP contribution < -0.4 is 10.5 Å². The lowest BCUT2D eigenvalue weighted by molar-refractivity contribution is -0.143. The molecule has 0 aromatic heterocycles. The Morgan fingerprint density at radius 3 is 2.31 bits per heavy atom. The van der Waals surface area contributed by atoms with Gasteiger partial charge in [0.2, 0.25) is 0 Å². The van der Waals surface area contributed by atoms with Crippen molar-refractivity contribution in [1.82, 2.24) is 0 Å². The van der Waals surface area contributed by atoms with E-state index in [1.54, 1.807) is 0 Å². The second-order valence-electron chi connectivity index (χ2n) is 3.41. The second-order valence-corrected chi connectivity index (χ2v) is 3.41. The van der Waals surface area contributed by atoms with Gasteiger partial charge < -0.3 is 15.6 Å². The maximum atomic E-state index is 11.8. The van der Waals surface area contributed by atoms with E-state index in [1.807, 2.05) is 0 Å². The number of aliphatic carboxylic acids is 1. The Labute approximate surface area is 90.6 Å². The van der Waals surface area contributed by atoms with Gasteiger partial charge in [-0.05, 0) is 24.6 Å². The molecule has 6 heteroatoms. The molecule has 1 aromatic carbocycles. The largest absolute Gasteiger partial charge is 0.480 e. The van der Waals surface area contributed by atoms with Gasteiger partial charge in [-0.25, -0.2) is 4.79 Å². The Kier molecular flexibility index (Phi) is 3.44. The summed E-state index contributed by atoms with van der Waals surface area (Å²) in [5, 5.41) is 8.83. The lowest BCUT2D eigenvalue weighted by atomic mass is 9.93. The minimum Gasteiger partial charge on any atom is -0.480 e. The first-order valence-corrected chi connectivity index (χ1v) is 4.41. The summed E-state index contributed by atoms with van der Waals surface area (Å²) in [7, 11) is 0. The van der Waals surface area contributed by atoms with E-state index < -0.39 is 18.1 Å². The number of alkyl halides is 2. The first-order valence-electron chi connectivity index (χ1n) is 4.41. The highest BCUT2D eigenvalue weighted by Gasteiger charge is 2.30. The molecular weight excluding hydrogens is 220 g/mol. The molecule has 0 amide bonds. The van der Waals surface area contributed by atoms with E-state index in [0.717, 1.165) is 0 Å². The van der Waals surface area contributed by atoms with Crippen molar-refractivity contribution in [2.45, 2.75) is 19.1 Å². The van der Waals surface area contributed by atoms with Crippen molar-refractivity contribution < 1.29 is 23.4 Å². The summed E-state index contributed by atoms with van der Waals surface area (Å²) in [6, 6.07) is 5.17. The molecule has 88 valence electrons. The Morgan fingerprint density at radius 1 is 1.44 bits per heavy atom. The maximum absolute atomic E-state index is 11.8. The van der Waals surface area contributed by atoms with Crippen molar-refractivity contribution >= 4 is 5.97 Å². The van der Waals surface area contributed by atoms with E-state index in [4.69, 9.17) is 10.8 Å². The van der Waals surface area contributed by atoms with Crippen LogP contribution in [0, 0.1) is 0 Å². The minimum atomic E-state index is -2.91. The fraction of sp³-hybridized carbons (Fsp3) is 0.300. The molecule has 0 aliphatic carbocycles. The van der Waals surface area contributed by atoms with Gasteiger partial charge in [0.1, 0.15) is 11.3 Å². The van der Waals surface area contributed by atoms with Crippen molar-refractivity contribution in [2.75, 3.05) is 0 Å². The molecule has 1 aromatic rings. The topological polar surface area (TPSA) is 72.6 Å². The van der Waals surface area contributed by atoms with Crippen LogP contribution in [-0.4, -0.2) is 17.7 Å². The molecule has 0 bridgehead atoms. The summed E-state index contributed by atoms with van der Waals surface area (Å²) >= 11 is 0. The van der Waals surface area contributed by atoms with Crippen molar-refractivity contribution in [3.63, 3.8) is 0 Å². The molecule has 4 nitrogen and oxygen atoms in total. The van der Waals surface area contributed by atoms with Crippen LogP contribution >= 0.6 is 0 Å². The first kappa shape index (κ1) is 12.4. The van der Waals surface area contributed by atoms with Crippen LogP contribution in [-0.2, 0) is 10.3 Å². The lowest BCUT2D eigenvalue weighted by Gasteiger charge is -2.19. The van der Waals surface area contributed by atoms with Gasteiger partial charge in [0.25, 0.3) is 0 Å². The molecule has 0 radical (unpaired) electrons. The van der Waals surface area contributed by atoms with Gasteiger partial charge >= 0.3 is 12.6 Å². The highest BCUT2D eigenvalue weighted by molar-refractivity contribution is 5.79. The number of carbonyl (C=O) groups is 1. The molecule has 1 rings (SSSR count). The van der Waals surface area contributed by atoms with Gasteiger partial charge in [0, 0.05) is 0 Å². The number of nitrogens with two attached hydrogens (primary N) is 1. The number of benzene rings is 1. The summed E-state index contributed by atoms with van der Waals surface area (Å²) in [5.41, 5.74) is 4.30. The molecule has 0 aliphatic heterocycles. The van der Waals surface area contributed by atoms with Crippen molar-refractivity contribution in [2.24, 2.45) is 5.73 Å². The van der Waals surface area contributed by atoms with E-state index in [-0.39, 0.29) is 5.75 Å². The van der Waals surface area contributed by atoms with E-state index >= 15 is 0 Å². The second kappa shape index (κ2) is 4.44. The smallest absolute Gasteiger partial charge is 0.387 e. The molecule has 0 saturated heterocycles. The van der Waals surface area contributed by atoms with Crippen LogP contribution in [0.5, 0.6) is 5.75 Å². The SMILES string of the molecule is CC(N)(C(=O)O)c1ccc(OC(F)F)cc1. The van der Waals surface area contributed by atoms with Gasteiger partial charge in [-0.3, -0.25) is 0 Å². The average Bonchev–Trinajstić information content (AvgIpc) is 2.17. The highest BCUT2D eigenvalue weighted by Crippen LogP contribution is 2.22. The fourth-order valence-electron chi connectivity index (χ4n) is 1.11. The van der Waals surface area contributed by atoms with Crippen molar-refractivity contribution in [3.05, 3.63) is 29.8 Å². The van der Waals surface area contributed by atoms with Crippen molar-refractivity contribution in [1.29, 1.82) is 0 Å². The molecule has 0 spiro atoms. The summed E-state index contributed by atoms with van der Waals surface area (Å²) in [5.74, 6) is -1.24. The quantitative estimate of drug-likeness (QED) is 0.824. The molecule has 0 fully saturated rings. The number of carboxylic acid groups (broad SMARTS) is 1. The Hall–Kier alpha value is -1.69. The zero-order valence-electron chi connectivity index (χ0n) is 8.48. The molecule has 0 heterocycles. The fourth-order valence-corrected chi connectivity index (χ4v) is 1.11. The lowest BCUT2D eigenvalue weighted by Crippen LogP contribution is -2.41. The molecule has 1 unspecified atom stereocenters. The van der Waals surface area contributed by atoms with E-state index in [2.05, 4.69) is 4.74 Å². The molecule has 0 aliphatic rings. The van der Waals surface area contributed by atoms with Gasteiger partial charge in [-0.15, -0.1) is 0 Å². The van der Waals surface area contributed by atoms with E-state index in [9.17, 15) is 13.6 Å². The van der Waals surface area contributed by atoms with Gasteiger partial charge in [-0.2, -0.15) is 8.78 Å². The van der Waals surface area contributed by atoms with Gasteiger partial charge in [-0.1, -0.05) is 12.1 Å². The van der Waals surface area contributed by atoms with Crippen LogP contribution in [0.1, 0.15) is 12.5 Å². The number of carboxylic acids is 1. The summed E-state index contributed by atoms with van der Waals surface area (Å²) in [6.45, 7) is -1.59. The summed E-state index contributed by atoms with van der Waals surface area (Å²) in [6.07, 6.45) is 0. The van der Waals surface area contributed by atoms with Crippen LogP contribution in [0.2, 0.25) is 0 Å². The maximum Gasteiger partial charge on any atom is 0.387 e. The Morgan fingerprint density at radius 2 is 1.94 bits per heavy atom. The summed E-state index contributed by atoms with van der Waals surface area (Å²) in [4.78, 5) is 10.8. The third kappa shape index (κ3) is 2.66. The van der Waals surface area contributed by atoms with Crippen LogP contribution in [0.15, 0.2) is 24.3 Å². The number of rotatable bonds is 4. The predicted octanol–water partition coefficient (Wildman–Crippen LogP) is 1.55. The number of halogens is 2. The Balaban J connectivity index is 2.91. The number of ether oxygens (including phenoxy) is 1. The minimum absolute atomic E-state index is 0.0417. The molecule has 3 N–H and O–H groups in total. The van der Waals surface area contributed by atoms with Gasteiger partial charge in [0.05, 0.1) is 0 Å². The summed E-state index contributed by atoms with van der Waals surface area (Å²) < 4.78 is 27.8. The molecule has 16 heavy (non-hydrogen) atoms. The molecule has 1 atom stereocenters. The van der Waals surface area contributed by atoms with Crippen LogP contribution in [0.25, 0.3) is 0 Å².